The third-order valence-corrected chi connectivity index (χ3v) is 3.57. The average molecular weight is 278 g/mol. The Morgan fingerprint density at radius 3 is 2.56 bits per heavy atom. The second-order valence-electron chi connectivity index (χ2n) is 3.81. The topological polar surface area (TPSA) is 55.1 Å². The lowest BCUT2D eigenvalue weighted by atomic mass is 10.2. The number of hydrogen-bond donors (Lipinski definition) is 1. The first-order chi connectivity index (χ1) is 8.49. The van der Waals surface area contributed by atoms with Crippen LogP contribution < -0.4 is 0 Å². The van der Waals surface area contributed by atoms with Crippen LogP contribution in [0.4, 0.5) is 8.78 Å². The van der Waals surface area contributed by atoms with E-state index >= 15 is 0 Å². The van der Waals surface area contributed by atoms with Crippen LogP contribution in [0.5, 0.6) is 0 Å². The third kappa shape index (κ3) is 3.69. The standard InChI is InChI=1S/C11H16F2N2O2S/c1-3-7(4-2)15-9(18-6-10(16)17)5-8(14-15)11(12)13/h5,7,11H,3-4,6H2,1-2H3,(H,16,17). The molecule has 0 saturated heterocycles. The van der Waals surface area contributed by atoms with Gasteiger partial charge in [-0.05, 0) is 18.9 Å². The SMILES string of the molecule is CCC(CC)n1nc(C(F)F)cc1SCC(=O)O. The molecule has 0 saturated carbocycles. The van der Waals surface area contributed by atoms with E-state index in [0.717, 1.165) is 24.6 Å². The van der Waals surface area contributed by atoms with Gasteiger partial charge in [0.2, 0.25) is 0 Å². The number of alkyl halides is 2. The van der Waals surface area contributed by atoms with E-state index in [1.807, 2.05) is 13.8 Å². The average Bonchev–Trinajstić information content (AvgIpc) is 2.72. The van der Waals surface area contributed by atoms with E-state index in [-0.39, 0.29) is 17.5 Å². The molecule has 0 atom stereocenters. The van der Waals surface area contributed by atoms with E-state index in [1.165, 1.54) is 10.7 Å². The lowest BCUT2D eigenvalue weighted by Crippen LogP contribution is -2.11. The van der Waals surface area contributed by atoms with Crippen molar-refractivity contribution in [3.8, 4) is 0 Å². The molecule has 0 aliphatic carbocycles. The number of aromatic nitrogens is 2. The van der Waals surface area contributed by atoms with Crippen molar-refractivity contribution in [1.82, 2.24) is 9.78 Å². The number of hydrogen-bond acceptors (Lipinski definition) is 3. The summed E-state index contributed by atoms with van der Waals surface area (Å²) in [4.78, 5) is 10.5. The molecule has 102 valence electrons. The van der Waals surface area contributed by atoms with Crippen molar-refractivity contribution >= 4 is 17.7 Å². The highest BCUT2D eigenvalue weighted by atomic mass is 32.2. The smallest absolute Gasteiger partial charge is 0.313 e. The van der Waals surface area contributed by atoms with Crippen LogP contribution in [0.1, 0.15) is 44.9 Å². The molecule has 4 nitrogen and oxygen atoms in total. The van der Waals surface area contributed by atoms with Crippen molar-refractivity contribution in [1.29, 1.82) is 0 Å². The number of carbonyl (C=O) groups is 1. The van der Waals surface area contributed by atoms with E-state index in [2.05, 4.69) is 5.10 Å². The fraction of sp³-hybridized carbons (Fsp3) is 0.636. The first-order valence-electron chi connectivity index (χ1n) is 5.71. The van der Waals surface area contributed by atoms with Crippen molar-refractivity contribution in [2.75, 3.05) is 5.75 Å². The fourth-order valence-corrected chi connectivity index (χ4v) is 2.44. The minimum Gasteiger partial charge on any atom is -0.481 e. The van der Waals surface area contributed by atoms with Gasteiger partial charge < -0.3 is 5.11 Å². The molecular formula is C11H16F2N2O2S. The van der Waals surface area contributed by atoms with Crippen molar-refractivity contribution in [2.45, 2.75) is 44.2 Å². The molecule has 1 heterocycles. The van der Waals surface area contributed by atoms with Crippen molar-refractivity contribution in [3.63, 3.8) is 0 Å². The molecule has 0 aromatic carbocycles. The molecule has 0 spiro atoms. The number of nitrogens with zero attached hydrogens (tertiary/aromatic N) is 2. The van der Waals surface area contributed by atoms with Gasteiger partial charge in [0, 0.05) is 0 Å². The molecule has 0 bridgehead atoms. The second kappa shape index (κ2) is 6.72. The maximum atomic E-state index is 12.6. The van der Waals surface area contributed by atoms with E-state index in [4.69, 9.17) is 5.11 Å². The van der Waals surface area contributed by atoms with Crippen LogP contribution in [0, 0.1) is 0 Å². The number of carboxylic acid groups (broad SMARTS) is 1. The Morgan fingerprint density at radius 1 is 1.50 bits per heavy atom. The molecule has 0 unspecified atom stereocenters. The zero-order chi connectivity index (χ0) is 13.7. The Bertz CT molecular complexity index is 406. The molecule has 1 aromatic heterocycles. The molecule has 0 aliphatic heterocycles. The van der Waals surface area contributed by atoms with Gasteiger partial charge in [0.15, 0.2) is 0 Å². The maximum Gasteiger partial charge on any atom is 0.313 e. The predicted octanol–water partition coefficient (Wildman–Crippen LogP) is 3.36. The number of halogens is 2. The third-order valence-electron chi connectivity index (χ3n) is 2.58. The highest BCUT2D eigenvalue weighted by Crippen LogP contribution is 2.29. The number of carboxylic acids is 1. The summed E-state index contributed by atoms with van der Waals surface area (Å²) in [6, 6.07) is 1.30. The van der Waals surface area contributed by atoms with Gasteiger partial charge in [0.1, 0.15) is 5.69 Å². The largest absolute Gasteiger partial charge is 0.481 e. The molecule has 0 fully saturated rings. The normalized spacial score (nSPS) is 11.4. The summed E-state index contributed by atoms with van der Waals surface area (Å²) in [5, 5.41) is 13.0. The van der Waals surface area contributed by atoms with Crippen molar-refractivity contribution in [2.24, 2.45) is 0 Å². The van der Waals surface area contributed by atoms with E-state index in [0.29, 0.717) is 5.03 Å². The van der Waals surface area contributed by atoms with Crippen LogP contribution >= 0.6 is 11.8 Å². The summed E-state index contributed by atoms with van der Waals surface area (Å²) in [7, 11) is 0. The molecule has 18 heavy (non-hydrogen) atoms. The Labute approximate surface area is 108 Å². The Kier molecular flexibility index (Phi) is 5.58. The van der Waals surface area contributed by atoms with Crippen molar-refractivity contribution in [3.05, 3.63) is 11.8 Å². The Hall–Kier alpha value is -1.11. The van der Waals surface area contributed by atoms with Crippen LogP contribution in [0.2, 0.25) is 0 Å². The Morgan fingerprint density at radius 2 is 2.11 bits per heavy atom. The molecule has 0 radical (unpaired) electrons. The highest BCUT2D eigenvalue weighted by Gasteiger charge is 2.20. The second-order valence-corrected chi connectivity index (χ2v) is 4.80. The van der Waals surface area contributed by atoms with Crippen LogP contribution in [0.15, 0.2) is 11.1 Å². The van der Waals surface area contributed by atoms with Gasteiger partial charge in [-0.15, -0.1) is 0 Å². The number of rotatable bonds is 7. The summed E-state index contributed by atoms with van der Waals surface area (Å²) >= 11 is 1.02. The Balaban J connectivity index is 3.00. The summed E-state index contributed by atoms with van der Waals surface area (Å²) in [5.74, 6) is -1.13. The van der Waals surface area contributed by atoms with E-state index in [9.17, 15) is 13.6 Å². The number of aliphatic carboxylic acids is 1. The maximum absolute atomic E-state index is 12.6. The molecule has 0 amide bonds. The van der Waals surface area contributed by atoms with Gasteiger partial charge in [-0.3, -0.25) is 9.48 Å². The quantitative estimate of drug-likeness (QED) is 0.777. The molecule has 1 N–H and O–H groups in total. The summed E-state index contributed by atoms with van der Waals surface area (Å²) in [6.07, 6.45) is -1.10. The van der Waals surface area contributed by atoms with Crippen LogP contribution in [-0.2, 0) is 4.79 Å². The summed E-state index contributed by atoms with van der Waals surface area (Å²) in [5.41, 5.74) is -0.296. The van der Waals surface area contributed by atoms with E-state index in [1.54, 1.807) is 0 Å². The van der Waals surface area contributed by atoms with Gasteiger partial charge in [-0.25, -0.2) is 8.78 Å². The van der Waals surface area contributed by atoms with Gasteiger partial charge in [0.05, 0.1) is 16.8 Å². The minimum absolute atomic E-state index is 0.0220. The lowest BCUT2D eigenvalue weighted by Gasteiger charge is -2.15. The highest BCUT2D eigenvalue weighted by molar-refractivity contribution is 7.99. The lowest BCUT2D eigenvalue weighted by molar-refractivity contribution is -0.133. The predicted molar refractivity (Wildman–Crippen MR) is 65.2 cm³/mol. The first-order valence-corrected chi connectivity index (χ1v) is 6.70. The van der Waals surface area contributed by atoms with Crippen molar-refractivity contribution < 1.29 is 18.7 Å². The summed E-state index contributed by atoms with van der Waals surface area (Å²) < 4.78 is 26.8. The zero-order valence-electron chi connectivity index (χ0n) is 10.3. The number of thioether (sulfide) groups is 1. The van der Waals surface area contributed by atoms with Gasteiger partial charge in [-0.2, -0.15) is 5.10 Å². The van der Waals surface area contributed by atoms with E-state index < -0.39 is 12.4 Å². The van der Waals surface area contributed by atoms with Crippen LogP contribution in [-0.4, -0.2) is 26.6 Å². The molecule has 7 heteroatoms. The van der Waals surface area contributed by atoms with Crippen LogP contribution in [0.3, 0.4) is 0 Å². The monoisotopic (exact) mass is 278 g/mol. The fourth-order valence-electron chi connectivity index (χ4n) is 1.64. The first kappa shape index (κ1) is 14.9. The van der Waals surface area contributed by atoms with Gasteiger partial charge >= 0.3 is 5.97 Å². The molecular weight excluding hydrogens is 262 g/mol. The minimum atomic E-state index is -2.63. The molecule has 1 rings (SSSR count). The van der Waals surface area contributed by atoms with Crippen LogP contribution in [0.25, 0.3) is 0 Å². The molecule has 0 aliphatic rings. The summed E-state index contributed by atoms with van der Waals surface area (Å²) in [6.45, 7) is 3.90. The molecule has 1 aromatic rings. The van der Waals surface area contributed by atoms with Gasteiger partial charge in [-0.1, -0.05) is 25.6 Å². The zero-order valence-corrected chi connectivity index (χ0v) is 11.1. The van der Waals surface area contributed by atoms with Gasteiger partial charge in [0.25, 0.3) is 6.43 Å².